The molecule has 0 saturated heterocycles. The van der Waals surface area contributed by atoms with Crippen molar-refractivity contribution in [2.45, 2.75) is 341 Å². The molecule has 0 saturated carbocycles. The number of hydrogen-bond donors (Lipinski definition) is 0. The normalized spacial score (nSPS) is 13.4. The van der Waals surface area contributed by atoms with Gasteiger partial charge >= 0.3 is 11.9 Å². The molecule has 0 fully saturated rings. The highest BCUT2D eigenvalue weighted by molar-refractivity contribution is 7.45. The third-order valence-corrected chi connectivity index (χ3v) is 16.3. The average molecular weight is 1150 g/mol. The van der Waals surface area contributed by atoms with Gasteiger partial charge < -0.3 is 27.9 Å². The molecule has 0 aliphatic rings. The third kappa shape index (κ3) is 65.1. The van der Waals surface area contributed by atoms with Gasteiger partial charge in [0.05, 0.1) is 27.7 Å². The van der Waals surface area contributed by atoms with Crippen LogP contribution in [0.5, 0.6) is 0 Å². The Morgan fingerprint density at radius 3 is 1.06 bits per heavy atom. The number of rotatable bonds is 64. The summed E-state index contributed by atoms with van der Waals surface area (Å²) in [5.41, 5.74) is 0. The van der Waals surface area contributed by atoms with Crippen LogP contribution in [0.4, 0.5) is 0 Å². The Kier molecular flexibility index (Phi) is 60.0. The van der Waals surface area contributed by atoms with E-state index < -0.39 is 26.5 Å². The van der Waals surface area contributed by atoms with Crippen LogP contribution in [-0.4, -0.2) is 70.0 Å². The number of allylic oxidation sites excluding steroid dienone is 8. The molecule has 0 N–H and O–H groups in total. The highest BCUT2D eigenvalue weighted by Crippen LogP contribution is 2.38. The maximum absolute atomic E-state index is 12.9. The highest BCUT2D eigenvalue weighted by atomic mass is 31.2. The van der Waals surface area contributed by atoms with E-state index in [1.54, 1.807) is 0 Å². The van der Waals surface area contributed by atoms with Crippen LogP contribution in [0.2, 0.25) is 0 Å². The summed E-state index contributed by atoms with van der Waals surface area (Å²) in [5, 5.41) is 0. The van der Waals surface area contributed by atoms with Gasteiger partial charge in [0.15, 0.2) is 6.10 Å². The molecule has 0 aliphatic carbocycles. The van der Waals surface area contributed by atoms with Crippen LogP contribution in [0.3, 0.4) is 0 Å². The molecule has 80 heavy (non-hydrogen) atoms. The zero-order valence-corrected chi connectivity index (χ0v) is 54.4. The lowest BCUT2D eigenvalue weighted by atomic mass is 10.0. The minimum atomic E-state index is -4.64. The van der Waals surface area contributed by atoms with Gasteiger partial charge in [-0.1, -0.05) is 319 Å². The molecular weight excluding hydrogens is 1010 g/mol. The third-order valence-electron chi connectivity index (χ3n) is 15.4. The topological polar surface area (TPSA) is 111 Å². The van der Waals surface area contributed by atoms with Gasteiger partial charge in [0.25, 0.3) is 7.82 Å². The first-order valence-electron chi connectivity index (χ1n) is 34.3. The van der Waals surface area contributed by atoms with Crippen molar-refractivity contribution in [2.75, 3.05) is 47.5 Å². The molecular formula is C70H132NO8P. The van der Waals surface area contributed by atoms with Crippen LogP contribution < -0.4 is 4.89 Å². The van der Waals surface area contributed by atoms with Gasteiger partial charge in [-0.25, -0.2) is 0 Å². The summed E-state index contributed by atoms with van der Waals surface area (Å²) in [4.78, 5) is 38.0. The Bertz CT molecular complexity index is 1490. The fraction of sp³-hybridized carbons (Fsp3) is 0.857. The molecule has 10 heteroatoms. The minimum Gasteiger partial charge on any atom is -0.756 e. The van der Waals surface area contributed by atoms with Crippen molar-refractivity contribution in [3.63, 3.8) is 0 Å². The van der Waals surface area contributed by atoms with Crippen LogP contribution in [0, 0.1) is 0 Å². The van der Waals surface area contributed by atoms with E-state index in [9.17, 15) is 19.0 Å². The van der Waals surface area contributed by atoms with Crippen LogP contribution in [0.1, 0.15) is 335 Å². The zero-order valence-electron chi connectivity index (χ0n) is 53.5. The number of carbonyl (C=O) groups is 2. The van der Waals surface area contributed by atoms with Gasteiger partial charge in [0.1, 0.15) is 19.8 Å². The van der Waals surface area contributed by atoms with E-state index in [2.05, 4.69) is 62.5 Å². The predicted octanol–water partition coefficient (Wildman–Crippen LogP) is 21.4. The van der Waals surface area contributed by atoms with Gasteiger partial charge in [0, 0.05) is 12.8 Å². The lowest BCUT2D eigenvalue weighted by Crippen LogP contribution is -2.37. The average Bonchev–Trinajstić information content (AvgIpc) is 3.42. The Labute approximate surface area is 496 Å². The molecule has 0 aromatic carbocycles. The van der Waals surface area contributed by atoms with Crippen molar-refractivity contribution in [1.82, 2.24) is 0 Å². The van der Waals surface area contributed by atoms with Crippen LogP contribution in [0.25, 0.3) is 0 Å². The van der Waals surface area contributed by atoms with Crippen LogP contribution in [0.15, 0.2) is 48.6 Å². The van der Waals surface area contributed by atoms with Crippen molar-refractivity contribution < 1.29 is 42.1 Å². The number of carbonyl (C=O) groups excluding carboxylic acids is 2. The number of esters is 2. The van der Waals surface area contributed by atoms with Gasteiger partial charge in [-0.15, -0.1) is 0 Å². The standard InChI is InChI=1S/C70H132NO8P/c1-6-8-10-12-14-16-18-20-22-24-26-28-30-32-34-35-37-39-41-43-45-47-49-51-53-55-57-59-61-63-70(73)79-68(67-78-80(74,75)77-65-64-71(3,4)5)66-76-69(72)62-60-58-56-54-52-50-48-46-44-42-40-38-36-33-31-29-27-25-23-21-19-17-15-13-11-9-7-2/h8,10,14,16,20,22,26,28,68H,6-7,9,11-13,15,17-19,21,23-25,27,29-67H2,1-5H3/b10-8-,16-14-,22-20-,28-26-. The first-order valence-corrected chi connectivity index (χ1v) is 35.8. The molecule has 0 aromatic rings. The number of phosphoric ester groups is 1. The molecule has 0 heterocycles. The van der Waals surface area contributed by atoms with Crippen molar-refractivity contribution in [3.8, 4) is 0 Å². The van der Waals surface area contributed by atoms with E-state index in [1.165, 1.54) is 238 Å². The van der Waals surface area contributed by atoms with E-state index in [4.69, 9.17) is 18.5 Å². The molecule has 0 aromatic heterocycles. The quantitative estimate of drug-likeness (QED) is 0.0195. The van der Waals surface area contributed by atoms with Crippen LogP contribution >= 0.6 is 7.82 Å². The number of phosphoric acid groups is 1. The molecule has 0 bridgehead atoms. The Morgan fingerprint density at radius 1 is 0.400 bits per heavy atom. The van der Waals surface area contributed by atoms with Gasteiger partial charge in [-0.05, 0) is 51.4 Å². The smallest absolute Gasteiger partial charge is 0.306 e. The zero-order chi connectivity index (χ0) is 58.4. The summed E-state index contributed by atoms with van der Waals surface area (Å²) < 4.78 is 34.3. The SMILES string of the molecule is CC/C=C\C/C=C\C/C=C\C/C=C\CCCCCCCCCCCCCCCCCCC(=O)OC(COC(=O)CCCCCCCCCCCCCCCCCCCCCCCCCCCCC)COP(=O)([O-])OCC[N+](C)(C)C. The number of quaternary nitrogens is 1. The molecule has 0 aliphatic heterocycles. The lowest BCUT2D eigenvalue weighted by molar-refractivity contribution is -0.870. The number of unbranched alkanes of at least 4 members (excludes halogenated alkanes) is 42. The Morgan fingerprint density at radius 2 is 0.713 bits per heavy atom. The molecule has 9 nitrogen and oxygen atoms in total. The largest absolute Gasteiger partial charge is 0.756 e. The molecule has 0 amide bonds. The summed E-state index contributed by atoms with van der Waals surface area (Å²) in [5.74, 6) is -0.814. The Hall–Kier alpha value is -2.03. The molecule has 0 spiro atoms. The Balaban J connectivity index is 4.02. The first kappa shape index (κ1) is 78.0. The van der Waals surface area contributed by atoms with E-state index in [-0.39, 0.29) is 32.0 Å². The molecule has 470 valence electrons. The number of likely N-dealkylation sites (N-methyl/N-ethyl adjacent to an activating group) is 1. The fourth-order valence-corrected chi connectivity index (χ4v) is 10.9. The number of hydrogen-bond acceptors (Lipinski definition) is 8. The molecule has 0 radical (unpaired) electrons. The second kappa shape index (κ2) is 61.5. The molecule has 2 unspecified atom stereocenters. The summed E-state index contributed by atoms with van der Waals surface area (Å²) in [6.45, 7) is 4.19. The monoisotopic (exact) mass is 1150 g/mol. The van der Waals surface area contributed by atoms with Gasteiger partial charge in [0.2, 0.25) is 0 Å². The highest BCUT2D eigenvalue weighted by Gasteiger charge is 2.22. The first-order chi connectivity index (χ1) is 39.0. The van der Waals surface area contributed by atoms with Gasteiger partial charge in [-0.2, -0.15) is 0 Å². The molecule has 0 rings (SSSR count). The summed E-state index contributed by atoms with van der Waals surface area (Å²) >= 11 is 0. The van der Waals surface area contributed by atoms with Crippen molar-refractivity contribution in [2.24, 2.45) is 0 Å². The van der Waals surface area contributed by atoms with Crippen molar-refractivity contribution in [3.05, 3.63) is 48.6 Å². The molecule has 2 atom stereocenters. The van der Waals surface area contributed by atoms with E-state index in [0.717, 1.165) is 64.2 Å². The summed E-state index contributed by atoms with van der Waals surface area (Å²) in [6, 6.07) is 0. The second-order valence-electron chi connectivity index (χ2n) is 24.5. The van der Waals surface area contributed by atoms with Gasteiger partial charge in [-0.3, -0.25) is 14.2 Å². The minimum absolute atomic E-state index is 0.0288. The predicted molar refractivity (Wildman–Crippen MR) is 342 cm³/mol. The fourth-order valence-electron chi connectivity index (χ4n) is 10.1. The number of nitrogens with zero attached hydrogens (tertiary/aromatic N) is 1. The summed E-state index contributed by atoms with van der Waals surface area (Å²) in [6.07, 6.45) is 79.0. The second-order valence-corrected chi connectivity index (χ2v) is 25.9. The van der Waals surface area contributed by atoms with E-state index in [1.807, 2.05) is 21.1 Å². The maximum atomic E-state index is 12.9. The number of ether oxygens (including phenoxy) is 2. The van der Waals surface area contributed by atoms with E-state index in [0.29, 0.717) is 17.4 Å². The maximum Gasteiger partial charge on any atom is 0.306 e. The van der Waals surface area contributed by atoms with Crippen molar-refractivity contribution >= 4 is 19.8 Å². The van der Waals surface area contributed by atoms with Crippen LogP contribution in [-0.2, 0) is 32.7 Å². The lowest BCUT2D eigenvalue weighted by Gasteiger charge is -2.28. The van der Waals surface area contributed by atoms with Crippen molar-refractivity contribution in [1.29, 1.82) is 0 Å². The van der Waals surface area contributed by atoms with E-state index >= 15 is 0 Å². The summed E-state index contributed by atoms with van der Waals surface area (Å²) in [7, 11) is 1.18.